The summed E-state index contributed by atoms with van der Waals surface area (Å²) in [4.78, 5) is 0. The van der Waals surface area contributed by atoms with Crippen LogP contribution in [0.1, 0.15) is 58.3 Å². The molecule has 14 heavy (non-hydrogen) atoms. The highest BCUT2D eigenvalue weighted by Crippen LogP contribution is 2.40. The Hall–Kier alpha value is -0.0400. The van der Waals surface area contributed by atoms with Crippen LogP contribution < -0.4 is 5.32 Å². The van der Waals surface area contributed by atoms with Gasteiger partial charge < -0.3 is 5.32 Å². The normalized spacial score (nSPS) is 25.5. The second-order valence-corrected chi connectivity index (χ2v) is 5.47. The first-order valence-corrected chi connectivity index (χ1v) is 6.55. The van der Waals surface area contributed by atoms with E-state index in [0.29, 0.717) is 5.41 Å². The number of hydrogen-bond acceptors (Lipinski definition) is 1. The first-order chi connectivity index (χ1) is 6.85. The second kappa shape index (κ2) is 4.65. The molecule has 0 saturated heterocycles. The Morgan fingerprint density at radius 3 is 2.50 bits per heavy atom. The van der Waals surface area contributed by atoms with Gasteiger partial charge in [0.15, 0.2) is 0 Å². The standard InChI is InChI=1S/C13H25N/c1-2-13(8-3-4-9-13)11-14-10-7-12-5-6-12/h12,14H,2-11H2,1H3. The Balaban J connectivity index is 1.61. The highest BCUT2D eigenvalue weighted by molar-refractivity contribution is 4.85. The highest BCUT2D eigenvalue weighted by atomic mass is 14.9. The summed E-state index contributed by atoms with van der Waals surface area (Å²) in [5.41, 5.74) is 0.684. The topological polar surface area (TPSA) is 12.0 Å². The van der Waals surface area contributed by atoms with Crippen molar-refractivity contribution < 1.29 is 0 Å². The molecule has 0 aromatic heterocycles. The molecular formula is C13H25N. The molecule has 0 atom stereocenters. The van der Waals surface area contributed by atoms with Crippen LogP contribution in [-0.2, 0) is 0 Å². The van der Waals surface area contributed by atoms with Crippen LogP contribution in [0, 0.1) is 11.3 Å². The van der Waals surface area contributed by atoms with Crippen LogP contribution in [0.25, 0.3) is 0 Å². The van der Waals surface area contributed by atoms with Crippen molar-refractivity contribution in [2.45, 2.75) is 58.3 Å². The maximum Gasteiger partial charge on any atom is 0.000770 e. The van der Waals surface area contributed by atoms with Crippen LogP contribution >= 0.6 is 0 Å². The lowest BCUT2D eigenvalue weighted by Gasteiger charge is -2.27. The molecule has 2 aliphatic carbocycles. The van der Waals surface area contributed by atoms with E-state index in [1.807, 2.05) is 0 Å². The van der Waals surface area contributed by atoms with Crippen LogP contribution in [-0.4, -0.2) is 13.1 Å². The fourth-order valence-corrected chi connectivity index (χ4v) is 2.85. The maximum absolute atomic E-state index is 3.69. The Bertz CT molecular complexity index is 166. The molecule has 2 rings (SSSR count). The number of nitrogens with one attached hydrogen (secondary N) is 1. The lowest BCUT2D eigenvalue weighted by Crippen LogP contribution is -2.32. The van der Waals surface area contributed by atoms with Crippen LogP contribution in [0.2, 0.25) is 0 Å². The van der Waals surface area contributed by atoms with Gasteiger partial charge in [0, 0.05) is 6.54 Å². The SMILES string of the molecule is CCC1(CNCCC2CC2)CCCC1. The maximum atomic E-state index is 3.69. The van der Waals surface area contributed by atoms with E-state index in [1.54, 1.807) is 0 Å². The predicted octanol–water partition coefficient (Wildman–Crippen LogP) is 3.35. The number of hydrogen-bond donors (Lipinski definition) is 1. The first-order valence-electron chi connectivity index (χ1n) is 6.55. The van der Waals surface area contributed by atoms with Gasteiger partial charge in [-0.3, -0.25) is 0 Å². The zero-order chi connectivity index (χ0) is 9.86. The lowest BCUT2D eigenvalue weighted by molar-refractivity contribution is 0.268. The van der Waals surface area contributed by atoms with E-state index < -0.39 is 0 Å². The van der Waals surface area contributed by atoms with Gasteiger partial charge in [-0.1, -0.05) is 32.6 Å². The average Bonchev–Trinajstić information content (AvgIpc) is 2.92. The smallest absolute Gasteiger partial charge is 0.000770 e. The Labute approximate surface area is 88.7 Å². The van der Waals surface area contributed by atoms with Crippen molar-refractivity contribution >= 4 is 0 Å². The predicted molar refractivity (Wildman–Crippen MR) is 61.4 cm³/mol. The van der Waals surface area contributed by atoms with Gasteiger partial charge in [-0.05, 0) is 43.6 Å². The van der Waals surface area contributed by atoms with Gasteiger partial charge >= 0.3 is 0 Å². The van der Waals surface area contributed by atoms with E-state index in [-0.39, 0.29) is 0 Å². The van der Waals surface area contributed by atoms with E-state index in [1.165, 1.54) is 64.5 Å². The van der Waals surface area contributed by atoms with E-state index in [9.17, 15) is 0 Å². The molecule has 1 heteroatoms. The lowest BCUT2D eigenvalue weighted by atomic mass is 9.83. The van der Waals surface area contributed by atoms with Crippen LogP contribution in [0.3, 0.4) is 0 Å². The van der Waals surface area contributed by atoms with Crippen molar-refractivity contribution in [1.29, 1.82) is 0 Å². The monoisotopic (exact) mass is 195 g/mol. The quantitative estimate of drug-likeness (QED) is 0.641. The summed E-state index contributed by atoms with van der Waals surface area (Å²) in [5, 5.41) is 3.69. The van der Waals surface area contributed by atoms with Gasteiger partial charge in [-0.15, -0.1) is 0 Å². The van der Waals surface area contributed by atoms with Crippen molar-refractivity contribution in [3.8, 4) is 0 Å². The van der Waals surface area contributed by atoms with Crippen molar-refractivity contribution in [3.05, 3.63) is 0 Å². The van der Waals surface area contributed by atoms with E-state index in [4.69, 9.17) is 0 Å². The summed E-state index contributed by atoms with van der Waals surface area (Å²) in [7, 11) is 0. The molecule has 82 valence electrons. The zero-order valence-electron chi connectivity index (χ0n) is 9.65. The van der Waals surface area contributed by atoms with E-state index in [0.717, 1.165) is 5.92 Å². The molecule has 0 aromatic rings. The van der Waals surface area contributed by atoms with Gasteiger partial charge in [0.05, 0.1) is 0 Å². The van der Waals surface area contributed by atoms with Crippen molar-refractivity contribution in [3.63, 3.8) is 0 Å². The molecule has 2 saturated carbocycles. The summed E-state index contributed by atoms with van der Waals surface area (Å²) < 4.78 is 0. The molecule has 0 unspecified atom stereocenters. The van der Waals surface area contributed by atoms with Gasteiger partial charge in [-0.2, -0.15) is 0 Å². The van der Waals surface area contributed by atoms with E-state index in [2.05, 4.69) is 12.2 Å². The minimum absolute atomic E-state index is 0.684. The fourth-order valence-electron chi connectivity index (χ4n) is 2.85. The summed E-state index contributed by atoms with van der Waals surface area (Å²) in [5.74, 6) is 1.09. The van der Waals surface area contributed by atoms with Crippen molar-refractivity contribution in [2.24, 2.45) is 11.3 Å². The second-order valence-electron chi connectivity index (χ2n) is 5.47. The molecule has 0 aliphatic heterocycles. The molecule has 1 nitrogen and oxygen atoms in total. The van der Waals surface area contributed by atoms with Crippen LogP contribution in [0.4, 0.5) is 0 Å². The van der Waals surface area contributed by atoms with Gasteiger partial charge in [0.1, 0.15) is 0 Å². The minimum Gasteiger partial charge on any atom is -0.316 e. The summed E-state index contributed by atoms with van der Waals surface area (Å²) in [6, 6.07) is 0. The molecule has 2 aliphatic rings. The summed E-state index contributed by atoms with van der Waals surface area (Å²) >= 11 is 0. The highest BCUT2D eigenvalue weighted by Gasteiger charge is 2.31. The molecule has 1 N–H and O–H groups in total. The Morgan fingerprint density at radius 1 is 1.21 bits per heavy atom. The van der Waals surface area contributed by atoms with Gasteiger partial charge in [0.2, 0.25) is 0 Å². The molecule has 2 fully saturated rings. The number of rotatable bonds is 6. The third-order valence-electron chi connectivity index (χ3n) is 4.34. The summed E-state index contributed by atoms with van der Waals surface area (Å²) in [6.45, 7) is 4.93. The third-order valence-corrected chi connectivity index (χ3v) is 4.34. The minimum atomic E-state index is 0.684. The molecular weight excluding hydrogens is 170 g/mol. The molecule has 0 radical (unpaired) electrons. The first kappa shape index (κ1) is 10.5. The fraction of sp³-hybridized carbons (Fsp3) is 1.00. The van der Waals surface area contributed by atoms with Gasteiger partial charge in [0.25, 0.3) is 0 Å². The Kier molecular flexibility index (Phi) is 3.48. The van der Waals surface area contributed by atoms with Crippen molar-refractivity contribution in [2.75, 3.05) is 13.1 Å². The Morgan fingerprint density at radius 2 is 1.93 bits per heavy atom. The molecule has 0 bridgehead atoms. The summed E-state index contributed by atoms with van der Waals surface area (Å²) in [6.07, 6.45) is 11.7. The zero-order valence-corrected chi connectivity index (χ0v) is 9.65. The molecule has 0 amide bonds. The average molecular weight is 195 g/mol. The molecule has 0 aromatic carbocycles. The van der Waals surface area contributed by atoms with Crippen LogP contribution in [0.5, 0.6) is 0 Å². The molecule has 0 spiro atoms. The van der Waals surface area contributed by atoms with E-state index >= 15 is 0 Å². The van der Waals surface area contributed by atoms with Gasteiger partial charge in [-0.25, -0.2) is 0 Å². The third kappa shape index (κ3) is 2.73. The van der Waals surface area contributed by atoms with Crippen molar-refractivity contribution in [1.82, 2.24) is 5.32 Å². The molecule has 0 heterocycles. The van der Waals surface area contributed by atoms with Crippen LogP contribution in [0.15, 0.2) is 0 Å². The largest absolute Gasteiger partial charge is 0.316 e.